The van der Waals surface area contributed by atoms with Crippen LogP contribution in [0.4, 0.5) is 5.69 Å². The van der Waals surface area contributed by atoms with Gasteiger partial charge in [-0.3, -0.25) is 14.9 Å². The maximum Gasteiger partial charge on any atom is 0.342 e. The second-order valence-corrected chi connectivity index (χ2v) is 9.81. The van der Waals surface area contributed by atoms with Gasteiger partial charge in [0.05, 0.1) is 4.92 Å². The van der Waals surface area contributed by atoms with Crippen molar-refractivity contribution in [1.29, 1.82) is 0 Å². The monoisotopic (exact) mass is 474 g/mol. The molecule has 0 aromatic heterocycles. The van der Waals surface area contributed by atoms with Crippen molar-refractivity contribution >= 4 is 33.5 Å². The second kappa shape index (κ2) is 7.19. The van der Waals surface area contributed by atoms with Crippen LogP contribution in [0.2, 0.25) is 0 Å². The largest absolute Gasteiger partial charge is 0.477 e. The third kappa shape index (κ3) is 3.49. The van der Waals surface area contributed by atoms with Gasteiger partial charge in [-0.05, 0) is 52.5 Å². The number of carbonyl (C=O) groups is 2. The van der Waals surface area contributed by atoms with E-state index < -0.39 is 33.6 Å². The first-order valence-electron chi connectivity index (χ1n) is 9.47. The summed E-state index contributed by atoms with van der Waals surface area (Å²) >= 11 is 3.66. The van der Waals surface area contributed by atoms with Gasteiger partial charge in [-0.2, -0.15) is 0 Å². The summed E-state index contributed by atoms with van der Waals surface area (Å²) in [6.07, 6.45) is 1.97. The van der Waals surface area contributed by atoms with Crippen LogP contribution >= 0.6 is 15.9 Å². The normalized spacial score (nSPS) is 16.6. The van der Waals surface area contributed by atoms with E-state index in [1.807, 2.05) is 12.1 Å². The van der Waals surface area contributed by atoms with Crippen molar-refractivity contribution in [2.75, 3.05) is 0 Å². The van der Waals surface area contributed by atoms with E-state index in [0.29, 0.717) is 5.56 Å². The highest BCUT2D eigenvalue weighted by molar-refractivity contribution is 9.10. The summed E-state index contributed by atoms with van der Waals surface area (Å²) in [4.78, 5) is 34.5. The number of benzene rings is 2. The van der Waals surface area contributed by atoms with E-state index in [1.54, 1.807) is 0 Å². The van der Waals surface area contributed by atoms with Crippen LogP contribution in [0.5, 0.6) is 0 Å². The molecule has 0 fully saturated rings. The van der Waals surface area contributed by atoms with Crippen molar-refractivity contribution in [1.82, 2.24) is 0 Å². The molecule has 2 aromatic rings. The second-order valence-electron chi connectivity index (χ2n) is 8.96. The first-order valence-corrected chi connectivity index (χ1v) is 10.3. The average Bonchev–Trinajstić information content (AvgIpc) is 2.63. The number of primary amides is 1. The molecule has 3 N–H and O–H groups in total. The topological polar surface area (TPSA) is 124 Å². The zero-order valence-corrected chi connectivity index (χ0v) is 18.8. The smallest absolute Gasteiger partial charge is 0.342 e. The minimum atomic E-state index is -1.50. The Bertz CT molecular complexity index is 1110. The van der Waals surface area contributed by atoms with E-state index in [4.69, 9.17) is 5.73 Å². The molecule has 0 radical (unpaired) electrons. The lowest BCUT2D eigenvalue weighted by atomic mass is 9.63. The standard InChI is InChI=1S/C22H23BrN2O5/c1-21(2)7-8-22(3,4)17-14(21)9-11(10-15(17)23)12-5-6-13(20(27)28)18(25(29)30)16(12)19(24)26/h5-6,9-10H,7-8H2,1-4H3,(H2,24,26)(H,27,28). The average molecular weight is 475 g/mol. The molecule has 0 aliphatic heterocycles. The summed E-state index contributed by atoms with van der Waals surface area (Å²) in [5, 5.41) is 21.0. The molecule has 0 unspecified atom stereocenters. The first-order chi connectivity index (χ1) is 13.8. The molecule has 7 nitrogen and oxygen atoms in total. The molecular formula is C22H23BrN2O5. The molecule has 2 aromatic carbocycles. The highest BCUT2D eigenvalue weighted by Gasteiger charge is 2.39. The van der Waals surface area contributed by atoms with Crippen LogP contribution in [-0.2, 0) is 10.8 Å². The summed E-state index contributed by atoms with van der Waals surface area (Å²) in [7, 11) is 0. The van der Waals surface area contributed by atoms with E-state index in [1.165, 1.54) is 11.6 Å². The molecule has 30 heavy (non-hydrogen) atoms. The fourth-order valence-electron chi connectivity index (χ4n) is 4.31. The van der Waals surface area contributed by atoms with Crippen molar-refractivity contribution in [3.05, 3.63) is 61.1 Å². The molecule has 0 bridgehead atoms. The molecule has 158 valence electrons. The Morgan fingerprint density at radius 2 is 1.73 bits per heavy atom. The number of carbonyl (C=O) groups excluding carboxylic acids is 1. The number of fused-ring (bicyclic) bond motifs is 1. The van der Waals surface area contributed by atoms with Crippen LogP contribution < -0.4 is 5.73 Å². The van der Waals surface area contributed by atoms with Gasteiger partial charge < -0.3 is 10.8 Å². The molecular weight excluding hydrogens is 452 g/mol. The molecule has 1 aliphatic carbocycles. The van der Waals surface area contributed by atoms with Crippen molar-refractivity contribution < 1.29 is 19.6 Å². The quantitative estimate of drug-likeness (QED) is 0.467. The summed E-state index contributed by atoms with van der Waals surface area (Å²) in [5.74, 6) is -2.54. The molecule has 0 spiro atoms. The molecule has 0 atom stereocenters. The summed E-state index contributed by atoms with van der Waals surface area (Å²) in [5.41, 5.74) is 6.58. The van der Waals surface area contributed by atoms with Crippen molar-refractivity contribution in [3.63, 3.8) is 0 Å². The molecule has 0 saturated heterocycles. The zero-order valence-electron chi connectivity index (χ0n) is 17.2. The number of halogens is 1. The molecule has 0 saturated carbocycles. The summed E-state index contributed by atoms with van der Waals surface area (Å²) in [6.45, 7) is 8.63. The van der Waals surface area contributed by atoms with Gasteiger partial charge in [-0.15, -0.1) is 0 Å². The fraction of sp³-hybridized carbons (Fsp3) is 0.364. The predicted molar refractivity (Wildman–Crippen MR) is 117 cm³/mol. The fourth-order valence-corrected chi connectivity index (χ4v) is 5.31. The van der Waals surface area contributed by atoms with E-state index in [-0.39, 0.29) is 16.4 Å². The molecule has 0 heterocycles. The Labute approximate surface area is 182 Å². The third-order valence-corrected chi connectivity index (χ3v) is 6.64. The minimum absolute atomic E-state index is 0.0616. The third-order valence-electron chi connectivity index (χ3n) is 6.02. The number of nitro benzene ring substituents is 1. The van der Waals surface area contributed by atoms with Crippen LogP contribution in [0.1, 0.15) is 72.4 Å². The van der Waals surface area contributed by atoms with Crippen LogP contribution in [0.25, 0.3) is 11.1 Å². The lowest BCUT2D eigenvalue weighted by Crippen LogP contribution is -2.34. The highest BCUT2D eigenvalue weighted by atomic mass is 79.9. The van der Waals surface area contributed by atoms with Gasteiger partial charge in [0, 0.05) is 10.0 Å². The maximum absolute atomic E-state index is 12.2. The van der Waals surface area contributed by atoms with Crippen LogP contribution in [-0.4, -0.2) is 21.9 Å². The number of carboxylic acid groups (broad SMARTS) is 1. The number of rotatable bonds is 4. The van der Waals surface area contributed by atoms with Gasteiger partial charge in [0.25, 0.3) is 11.6 Å². The van der Waals surface area contributed by atoms with Gasteiger partial charge in [0.15, 0.2) is 0 Å². The Balaban J connectivity index is 2.39. The van der Waals surface area contributed by atoms with Gasteiger partial charge >= 0.3 is 5.97 Å². The van der Waals surface area contributed by atoms with Gasteiger partial charge in [0.2, 0.25) is 0 Å². The van der Waals surface area contributed by atoms with Crippen molar-refractivity contribution in [2.24, 2.45) is 5.73 Å². The first kappa shape index (κ1) is 22.0. The van der Waals surface area contributed by atoms with E-state index in [9.17, 15) is 24.8 Å². The molecule has 3 rings (SSSR count). The van der Waals surface area contributed by atoms with Gasteiger partial charge in [0.1, 0.15) is 11.1 Å². The number of aromatic carboxylic acids is 1. The number of carboxylic acids is 1. The maximum atomic E-state index is 12.2. The minimum Gasteiger partial charge on any atom is -0.477 e. The highest BCUT2D eigenvalue weighted by Crippen LogP contribution is 2.50. The number of nitro groups is 1. The number of nitrogens with zero attached hydrogens (tertiary/aromatic N) is 1. The molecule has 8 heteroatoms. The SMILES string of the molecule is CC1(C)CCC(C)(C)c2c(Br)cc(-c3ccc(C(=O)O)c([N+](=O)[O-])c3C(N)=O)cc21. The lowest BCUT2D eigenvalue weighted by Gasteiger charge is -2.42. The van der Waals surface area contributed by atoms with E-state index in [0.717, 1.165) is 28.9 Å². The summed E-state index contributed by atoms with van der Waals surface area (Å²) in [6, 6.07) is 6.30. The number of amides is 1. The van der Waals surface area contributed by atoms with E-state index >= 15 is 0 Å². The molecule has 1 amide bonds. The Morgan fingerprint density at radius 1 is 1.13 bits per heavy atom. The Kier molecular flexibility index (Phi) is 5.27. The van der Waals surface area contributed by atoms with Crippen molar-refractivity contribution in [2.45, 2.75) is 51.4 Å². The van der Waals surface area contributed by atoms with Gasteiger partial charge in [-0.25, -0.2) is 4.79 Å². The predicted octanol–water partition coefficient (Wildman–Crippen LogP) is 5.17. The number of hydrogen-bond donors (Lipinski definition) is 2. The number of nitrogens with two attached hydrogens (primary N) is 1. The van der Waals surface area contributed by atoms with Crippen LogP contribution in [0.15, 0.2) is 28.7 Å². The van der Waals surface area contributed by atoms with Crippen molar-refractivity contribution in [3.8, 4) is 11.1 Å². The lowest BCUT2D eigenvalue weighted by molar-refractivity contribution is -0.385. The summed E-state index contributed by atoms with van der Waals surface area (Å²) < 4.78 is 0.841. The Morgan fingerprint density at radius 3 is 2.27 bits per heavy atom. The van der Waals surface area contributed by atoms with Gasteiger partial charge in [-0.1, -0.05) is 55.8 Å². The van der Waals surface area contributed by atoms with Crippen LogP contribution in [0, 0.1) is 10.1 Å². The zero-order chi connectivity index (χ0) is 22.6. The number of hydrogen-bond acceptors (Lipinski definition) is 4. The van der Waals surface area contributed by atoms with Crippen LogP contribution in [0.3, 0.4) is 0 Å². The Hall–Kier alpha value is -2.74. The van der Waals surface area contributed by atoms with E-state index in [2.05, 4.69) is 43.6 Å². The molecule has 1 aliphatic rings.